The van der Waals surface area contributed by atoms with E-state index < -0.39 is 21.2 Å². The Labute approximate surface area is 152 Å². The van der Waals surface area contributed by atoms with Crippen molar-refractivity contribution in [1.29, 1.82) is 5.41 Å². The van der Waals surface area contributed by atoms with Gasteiger partial charge in [-0.05, 0) is 25.7 Å². The van der Waals surface area contributed by atoms with E-state index in [1.807, 2.05) is 0 Å². The van der Waals surface area contributed by atoms with Crippen LogP contribution in [-0.2, 0) is 14.8 Å². The quantitative estimate of drug-likeness (QED) is 0.324. The summed E-state index contributed by atoms with van der Waals surface area (Å²) in [6.07, 6.45) is 4.39. The van der Waals surface area contributed by atoms with E-state index in [2.05, 4.69) is 10.3 Å². The highest BCUT2D eigenvalue weighted by atomic mass is 32.2. The summed E-state index contributed by atoms with van der Waals surface area (Å²) in [4.78, 5) is 15.5. The van der Waals surface area contributed by atoms with Crippen LogP contribution in [0.4, 0.5) is 0 Å². The normalized spacial score (nSPS) is 18.4. The zero-order valence-corrected chi connectivity index (χ0v) is 15.9. The monoisotopic (exact) mass is 391 g/mol. The molecule has 0 aromatic carbocycles. The van der Waals surface area contributed by atoms with Crippen molar-refractivity contribution in [3.63, 3.8) is 0 Å². The van der Waals surface area contributed by atoms with Crippen LogP contribution in [0.15, 0.2) is 0 Å². The van der Waals surface area contributed by atoms with Gasteiger partial charge in [0, 0.05) is 32.1 Å². The third kappa shape index (κ3) is 4.68. The standard InChI is InChI=1S/C13H21N5O3S3/c1-17(12(22)8-3-4-8)15-11(19)10(7-14)24(20,21)16-18(2)13(23)9-5-6-9/h7-10,14,16H,3-6H2,1-2H3,(H,15,19). The average Bonchev–Trinajstić information content (AvgIpc) is 3.38. The molecule has 0 heterocycles. The first kappa shape index (κ1) is 19.2. The number of nitrogens with one attached hydrogen (secondary N) is 3. The molecule has 0 aliphatic heterocycles. The van der Waals surface area contributed by atoms with E-state index in [1.54, 1.807) is 7.05 Å². The molecule has 2 rings (SSSR count). The summed E-state index contributed by atoms with van der Waals surface area (Å²) in [5.41, 5.74) is 2.43. The van der Waals surface area contributed by atoms with E-state index in [9.17, 15) is 13.2 Å². The molecule has 0 saturated heterocycles. The van der Waals surface area contributed by atoms with E-state index in [0.717, 1.165) is 25.7 Å². The van der Waals surface area contributed by atoms with Gasteiger partial charge in [-0.3, -0.25) is 20.2 Å². The molecule has 2 fully saturated rings. The van der Waals surface area contributed by atoms with E-state index in [0.29, 0.717) is 16.2 Å². The number of carbonyl (C=O) groups excluding carboxylic acids is 1. The summed E-state index contributed by atoms with van der Waals surface area (Å²) in [6, 6.07) is 0. The minimum absolute atomic E-state index is 0.196. The van der Waals surface area contributed by atoms with Crippen LogP contribution in [0, 0.1) is 17.2 Å². The maximum absolute atomic E-state index is 12.4. The summed E-state index contributed by atoms with van der Waals surface area (Å²) in [7, 11) is -1.08. The molecule has 0 spiro atoms. The molecule has 0 aromatic rings. The van der Waals surface area contributed by atoms with Gasteiger partial charge < -0.3 is 5.41 Å². The molecule has 24 heavy (non-hydrogen) atoms. The van der Waals surface area contributed by atoms with Crippen molar-refractivity contribution in [2.75, 3.05) is 14.1 Å². The molecule has 2 aliphatic carbocycles. The fourth-order valence-corrected chi connectivity index (χ4v) is 3.82. The summed E-state index contributed by atoms with van der Waals surface area (Å²) >= 11 is 10.4. The number of hydrazine groups is 2. The Morgan fingerprint density at radius 2 is 1.58 bits per heavy atom. The number of nitrogens with zero attached hydrogens (tertiary/aromatic N) is 2. The third-order valence-electron chi connectivity index (χ3n) is 3.80. The number of amides is 1. The summed E-state index contributed by atoms with van der Waals surface area (Å²) in [5.74, 6) is -0.392. The minimum atomic E-state index is -4.13. The zero-order chi connectivity index (χ0) is 18.1. The molecule has 2 saturated carbocycles. The molecule has 2 aliphatic rings. The van der Waals surface area contributed by atoms with Crippen LogP contribution < -0.4 is 10.3 Å². The zero-order valence-electron chi connectivity index (χ0n) is 13.5. The molecular formula is C13H21N5O3S3. The number of hydrogen-bond donors (Lipinski definition) is 3. The highest BCUT2D eigenvalue weighted by Crippen LogP contribution is 2.32. The summed E-state index contributed by atoms with van der Waals surface area (Å²) in [6.45, 7) is 0. The van der Waals surface area contributed by atoms with Crippen molar-refractivity contribution < 1.29 is 13.2 Å². The number of hydrogen-bond acceptors (Lipinski definition) is 6. The molecular weight excluding hydrogens is 370 g/mol. The summed E-state index contributed by atoms with van der Waals surface area (Å²) < 4.78 is 24.8. The maximum atomic E-state index is 12.4. The molecule has 0 aromatic heterocycles. The fourth-order valence-electron chi connectivity index (χ4n) is 2.09. The molecule has 8 nitrogen and oxygen atoms in total. The predicted octanol–water partition coefficient (Wildman–Crippen LogP) is 0.209. The lowest BCUT2D eigenvalue weighted by atomic mass is 10.4. The van der Waals surface area contributed by atoms with Crippen LogP contribution in [0.3, 0.4) is 0 Å². The van der Waals surface area contributed by atoms with Gasteiger partial charge in [0.15, 0.2) is 5.25 Å². The lowest BCUT2D eigenvalue weighted by Gasteiger charge is -2.25. The SMILES string of the molecule is CN(NC(=O)C(C=N)S(=O)(=O)NN(C)C(=S)C1CC1)C(=S)C1CC1. The van der Waals surface area contributed by atoms with Crippen molar-refractivity contribution in [1.82, 2.24) is 20.3 Å². The minimum Gasteiger partial charge on any atom is -0.311 e. The van der Waals surface area contributed by atoms with Gasteiger partial charge in [-0.25, -0.2) is 8.42 Å². The van der Waals surface area contributed by atoms with Crippen LogP contribution in [0.2, 0.25) is 0 Å². The van der Waals surface area contributed by atoms with Gasteiger partial charge in [0.05, 0.1) is 9.98 Å². The number of sulfonamides is 1. The molecule has 1 amide bonds. The van der Waals surface area contributed by atoms with Crippen molar-refractivity contribution in [3.8, 4) is 0 Å². The molecule has 11 heteroatoms. The molecule has 134 valence electrons. The lowest BCUT2D eigenvalue weighted by Crippen LogP contribution is -2.55. The van der Waals surface area contributed by atoms with Gasteiger partial charge in [0.2, 0.25) is 10.0 Å². The third-order valence-corrected chi connectivity index (χ3v) is 6.56. The van der Waals surface area contributed by atoms with Crippen LogP contribution >= 0.6 is 24.4 Å². The first-order chi connectivity index (χ1) is 11.2. The molecule has 0 radical (unpaired) electrons. The van der Waals surface area contributed by atoms with Gasteiger partial charge in [0.25, 0.3) is 5.91 Å². The second-order valence-electron chi connectivity index (χ2n) is 6.04. The van der Waals surface area contributed by atoms with Gasteiger partial charge in [0.1, 0.15) is 0 Å². The predicted molar refractivity (Wildman–Crippen MR) is 98.9 cm³/mol. The van der Waals surface area contributed by atoms with Crippen molar-refractivity contribution in [2.24, 2.45) is 11.8 Å². The van der Waals surface area contributed by atoms with Crippen LogP contribution in [0.5, 0.6) is 0 Å². The Morgan fingerprint density at radius 1 is 1.12 bits per heavy atom. The highest BCUT2D eigenvalue weighted by molar-refractivity contribution is 7.91. The van der Waals surface area contributed by atoms with Crippen molar-refractivity contribution in [2.45, 2.75) is 30.9 Å². The fraction of sp³-hybridized carbons (Fsp3) is 0.692. The van der Waals surface area contributed by atoms with E-state index >= 15 is 0 Å². The first-order valence-electron chi connectivity index (χ1n) is 7.55. The highest BCUT2D eigenvalue weighted by Gasteiger charge is 2.36. The van der Waals surface area contributed by atoms with Crippen molar-refractivity contribution in [3.05, 3.63) is 0 Å². The Balaban J connectivity index is 1.98. The summed E-state index contributed by atoms with van der Waals surface area (Å²) in [5, 5.41) is 8.23. The topological polar surface area (TPSA) is 106 Å². The Morgan fingerprint density at radius 3 is 2.00 bits per heavy atom. The number of carbonyl (C=O) groups is 1. The van der Waals surface area contributed by atoms with Crippen molar-refractivity contribution >= 4 is 56.6 Å². The van der Waals surface area contributed by atoms with Crippen LogP contribution in [0.1, 0.15) is 25.7 Å². The molecule has 1 unspecified atom stereocenters. The molecule has 0 bridgehead atoms. The van der Waals surface area contributed by atoms with E-state index in [4.69, 9.17) is 29.8 Å². The van der Waals surface area contributed by atoms with Crippen LogP contribution in [0.25, 0.3) is 0 Å². The Hall–Kier alpha value is -1.17. The van der Waals surface area contributed by atoms with Gasteiger partial charge in [-0.1, -0.05) is 24.4 Å². The van der Waals surface area contributed by atoms with E-state index in [1.165, 1.54) is 17.1 Å². The smallest absolute Gasteiger partial charge is 0.263 e. The Bertz CT molecular complexity index is 658. The van der Waals surface area contributed by atoms with Gasteiger partial charge >= 0.3 is 0 Å². The van der Waals surface area contributed by atoms with E-state index in [-0.39, 0.29) is 11.8 Å². The van der Waals surface area contributed by atoms with Gasteiger partial charge in [-0.15, -0.1) is 4.83 Å². The largest absolute Gasteiger partial charge is 0.311 e. The average molecular weight is 392 g/mol. The van der Waals surface area contributed by atoms with Crippen LogP contribution in [-0.4, -0.2) is 59.9 Å². The van der Waals surface area contributed by atoms with Gasteiger partial charge in [-0.2, -0.15) is 0 Å². The number of rotatable bonds is 7. The second-order valence-corrected chi connectivity index (χ2v) is 8.66. The number of thiocarbonyl (C=S) groups is 2. The Kier molecular flexibility index (Phi) is 5.89. The lowest BCUT2D eigenvalue weighted by molar-refractivity contribution is -0.122. The maximum Gasteiger partial charge on any atom is 0.263 e. The first-order valence-corrected chi connectivity index (χ1v) is 9.91. The molecule has 3 N–H and O–H groups in total. The molecule has 1 atom stereocenters. The second kappa shape index (κ2) is 7.38.